The summed E-state index contributed by atoms with van der Waals surface area (Å²) in [6, 6.07) is 4.89. The number of rotatable bonds is 11. The zero-order valence-electron chi connectivity index (χ0n) is 29.9. The van der Waals surface area contributed by atoms with Crippen molar-refractivity contribution in [2.75, 3.05) is 37.5 Å². The summed E-state index contributed by atoms with van der Waals surface area (Å²) in [7, 11) is -4.47. The lowest BCUT2D eigenvalue weighted by molar-refractivity contribution is -0.383. The molecule has 0 aliphatic rings. The van der Waals surface area contributed by atoms with Crippen LogP contribution in [0, 0.1) is 17.0 Å². The second kappa shape index (κ2) is 18.9. The number of nitrogens with two attached hydrogens (primary N) is 2. The summed E-state index contributed by atoms with van der Waals surface area (Å²) >= 11 is 23.7. The number of benzene rings is 2. The zero-order chi connectivity index (χ0) is 44.1. The Kier molecular flexibility index (Phi) is 15.6. The summed E-state index contributed by atoms with van der Waals surface area (Å²) in [5.41, 5.74) is 9.58. The van der Waals surface area contributed by atoms with E-state index in [1.54, 1.807) is 13.0 Å². The van der Waals surface area contributed by atoms with Crippen molar-refractivity contribution >= 4 is 92.7 Å². The number of halogens is 7. The predicted molar refractivity (Wildman–Crippen MR) is 206 cm³/mol. The quantitative estimate of drug-likeness (QED) is 0.0582. The highest BCUT2D eigenvalue weighted by atomic mass is 35.5. The van der Waals surface area contributed by atoms with Crippen LogP contribution in [0.2, 0.25) is 20.1 Å². The fourth-order valence-electron chi connectivity index (χ4n) is 4.20. The van der Waals surface area contributed by atoms with E-state index in [4.69, 9.17) is 77.3 Å². The molecule has 0 amide bonds. The minimum Gasteiger partial charge on any atom is -0.481 e. The lowest BCUT2D eigenvalue weighted by atomic mass is 10.2. The Hall–Kier alpha value is -4.68. The molecule has 3 heterocycles. The van der Waals surface area contributed by atoms with Gasteiger partial charge in [-0.1, -0.05) is 52.5 Å². The molecule has 316 valence electrons. The molecule has 2 unspecified atom stereocenters. The molecule has 5 rings (SSSR count). The Balaban J connectivity index is 0.000000252. The number of hydrogen-bond donors (Lipinski definition) is 5. The molecule has 0 saturated carbocycles. The number of sulfonamides is 1. The van der Waals surface area contributed by atoms with Crippen molar-refractivity contribution in [1.82, 2.24) is 29.4 Å². The number of aliphatic carboxylic acids is 1. The number of nitrogen functional groups attached to an aromatic ring is 1. The molecule has 29 heteroatoms. The van der Waals surface area contributed by atoms with E-state index in [9.17, 15) is 41.1 Å². The lowest BCUT2D eigenvalue weighted by Gasteiger charge is -2.12. The van der Waals surface area contributed by atoms with Crippen LogP contribution in [0.15, 0.2) is 41.7 Å². The average Bonchev–Trinajstić information content (AvgIpc) is 3.74. The van der Waals surface area contributed by atoms with E-state index >= 15 is 0 Å². The number of alkyl halides is 3. The molecule has 0 radical (unpaired) electrons. The fraction of sp³-hybridized carbons (Fsp3) is 0.276. The number of carboxylic acid groups (broad SMARTS) is 1. The van der Waals surface area contributed by atoms with Crippen LogP contribution in [0.3, 0.4) is 0 Å². The van der Waals surface area contributed by atoms with Gasteiger partial charge in [-0.2, -0.15) is 41.2 Å². The van der Waals surface area contributed by atoms with Gasteiger partial charge >= 0.3 is 17.8 Å². The van der Waals surface area contributed by atoms with Crippen LogP contribution >= 0.6 is 53.8 Å². The first-order chi connectivity index (χ1) is 26.7. The van der Waals surface area contributed by atoms with Gasteiger partial charge in [-0.3, -0.25) is 24.2 Å². The minimum atomic E-state index is -4.63. The van der Waals surface area contributed by atoms with Gasteiger partial charge in [0.1, 0.15) is 17.9 Å². The van der Waals surface area contributed by atoms with Crippen LogP contribution in [-0.2, 0) is 25.6 Å². The first-order valence-corrected chi connectivity index (χ1v) is 20.7. The summed E-state index contributed by atoms with van der Waals surface area (Å²) in [4.78, 5) is 36.7. The maximum Gasteiger partial charge on any atom is 0.416 e. The molecule has 0 aliphatic carbocycles. The molecule has 20 nitrogen and oxygen atoms in total. The molecule has 58 heavy (non-hydrogen) atoms. The van der Waals surface area contributed by atoms with Gasteiger partial charge in [0.25, 0.3) is 21.0 Å². The standard InChI is InChI=1S/C14H13Cl2N5O4S.C10H5Cl2F3N4O2.C5H12NO4P/c1-7-4-5-8(15)12(11(7)16)20-26(22,23)14-18-13-17-9(24-2)6-10(25-3)21(13)19-14;11-5-1-4(10(13,14)15)2-6(12)8(5)18-9(16)7(3-17-18)19(20)21;1-11(9,10)3-2-4(6)5(7)8/h4-6,20H,1-3H3;1-3H,16H2;4H,2-3,6H2,1H3,(H,7,8)(H,9,10). The van der Waals surface area contributed by atoms with Crippen LogP contribution in [0.1, 0.15) is 17.5 Å². The van der Waals surface area contributed by atoms with E-state index in [2.05, 4.69) is 24.9 Å². The number of anilines is 2. The van der Waals surface area contributed by atoms with E-state index in [1.165, 1.54) is 33.0 Å². The number of aryl methyl sites for hydroxylation is 1. The Bertz CT molecular complexity index is 2480. The summed E-state index contributed by atoms with van der Waals surface area (Å²) in [5, 5.41) is 25.5. The number of aromatic nitrogens is 6. The van der Waals surface area contributed by atoms with Gasteiger partial charge in [-0.25, -0.2) is 4.68 Å². The summed E-state index contributed by atoms with van der Waals surface area (Å²) in [5.74, 6) is -1.15. The molecular weight excluding hydrogens is 910 g/mol. The molecule has 5 aromatic rings. The third kappa shape index (κ3) is 11.9. The Labute approximate surface area is 345 Å². The van der Waals surface area contributed by atoms with E-state index < -0.39 is 62.7 Å². The van der Waals surface area contributed by atoms with Gasteiger partial charge in [0.05, 0.1) is 56.6 Å². The van der Waals surface area contributed by atoms with Gasteiger partial charge in [-0.05, 0) is 37.1 Å². The van der Waals surface area contributed by atoms with E-state index in [-0.39, 0.29) is 61.6 Å². The van der Waals surface area contributed by atoms with Crippen molar-refractivity contribution in [3.05, 3.63) is 77.9 Å². The van der Waals surface area contributed by atoms with Crippen LogP contribution in [0.5, 0.6) is 11.8 Å². The van der Waals surface area contributed by atoms with Crippen molar-refractivity contribution in [1.29, 1.82) is 0 Å². The van der Waals surface area contributed by atoms with Gasteiger partial charge in [0, 0.05) is 12.8 Å². The molecule has 0 fully saturated rings. The molecule has 2 aromatic carbocycles. The first kappa shape index (κ1) is 47.7. The molecule has 2 atom stereocenters. The minimum absolute atomic E-state index is 0.0111. The zero-order valence-corrected chi connectivity index (χ0v) is 34.6. The van der Waals surface area contributed by atoms with Crippen molar-refractivity contribution in [3.8, 4) is 17.4 Å². The number of carbonyl (C=O) groups is 1. The highest BCUT2D eigenvalue weighted by Crippen LogP contribution is 2.39. The summed E-state index contributed by atoms with van der Waals surface area (Å²) < 4.78 is 88.3. The Morgan fingerprint density at radius 3 is 2.19 bits per heavy atom. The van der Waals surface area contributed by atoms with Gasteiger partial charge in [-0.15, -0.1) is 5.10 Å². The number of ether oxygens (including phenoxy) is 2. The summed E-state index contributed by atoms with van der Waals surface area (Å²) in [6.45, 7) is 2.91. The molecule has 0 saturated heterocycles. The molecule has 3 aromatic heterocycles. The Morgan fingerprint density at radius 1 is 1.10 bits per heavy atom. The summed E-state index contributed by atoms with van der Waals surface area (Å²) in [6.07, 6.45) is -3.78. The highest BCUT2D eigenvalue weighted by Gasteiger charge is 2.33. The van der Waals surface area contributed by atoms with Crippen LogP contribution < -0.4 is 25.7 Å². The van der Waals surface area contributed by atoms with Crippen LogP contribution in [0.4, 0.5) is 30.4 Å². The van der Waals surface area contributed by atoms with Crippen molar-refractivity contribution in [2.45, 2.75) is 30.7 Å². The van der Waals surface area contributed by atoms with Gasteiger partial charge in [0.15, 0.2) is 7.37 Å². The normalized spacial score (nSPS) is 13.0. The average molecular weight is 940 g/mol. The third-order valence-electron chi connectivity index (χ3n) is 7.13. The third-order valence-corrected chi connectivity index (χ3v) is 10.7. The van der Waals surface area contributed by atoms with E-state index in [0.29, 0.717) is 17.7 Å². The number of nitrogens with zero attached hydrogens (tertiary/aromatic N) is 7. The lowest BCUT2D eigenvalue weighted by Crippen LogP contribution is -2.30. The number of nitro groups is 1. The fourth-order valence-corrected chi connectivity index (χ4v) is 7.14. The first-order valence-electron chi connectivity index (χ1n) is 15.4. The SMILES string of the molecule is COc1cc(OC)n2nc(S(=O)(=O)Nc3c(Cl)ccc(C)c3Cl)nc2n1.CP(=O)(O)CCC(N)C(=O)O.Nc1c([N+](=O)[O-])cnn1-c1c(Cl)cc(C(F)(F)F)cc1Cl. The van der Waals surface area contributed by atoms with E-state index in [0.717, 1.165) is 15.4 Å². The van der Waals surface area contributed by atoms with Gasteiger partial charge in [0.2, 0.25) is 17.6 Å². The van der Waals surface area contributed by atoms with Crippen molar-refractivity contribution in [3.63, 3.8) is 0 Å². The largest absolute Gasteiger partial charge is 0.481 e. The molecule has 0 bridgehead atoms. The Morgan fingerprint density at radius 2 is 1.71 bits per heavy atom. The van der Waals surface area contributed by atoms with E-state index in [1.807, 2.05) is 0 Å². The smallest absolute Gasteiger partial charge is 0.416 e. The maximum atomic E-state index is 12.7. The van der Waals surface area contributed by atoms with Gasteiger partial charge < -0.3 is 30.9 Å². The predicted octanol–water partition coefficient (Wildman–Crippen LogP) is 5.93. The highest BCUT2D eigenvalue weighted by molar-refractivity contribution is 7.92. The second-order valence-electron chi connectivity index (χ2n) is 11.5. The monoisotopic (exact) mass is 938 g/mol. The maximum absolute atomic E-state index is 12.7. The molecule has 0 spiro atoms. The van der Waals surface area contributed by atoms with Crippen LogP contribution in [-0.4, -0.2) is 91.8 Å². The molecular formula is C29H30Cl4F3N10O10PS. The van der Waals surface area contributed by atoms with Crippen LogP contribution in [0.25, 0.3) is 11.5 Å². The number of fused-ring (bicyclic) bond motifs is 1. The topological polar surface area (TPSA) is 295 Å². The second-order valence-corrected chi connectivity index (χ2v) is 17.2. The number of hydrogen-bond acceptors (Lipinski definition) is 14. The molecule has 7 N–H and O–H groups in total. The van der Waals surface area contributed by atoms with Crippen molar-refractivity contribution in [2.24, 2.45) is 5.73 Å². The number of nitrogens with one attached hydrogen (secondary N) is 1. The van der Waals surface area contributed by atoms with Crippen molar-refractivity contribution < 1.29 is 55.3 Å². The number of carboxylic acids is 1. The molecule has 0 aliphatic heterocycles. The number of methoxy groups -OCH3 is 2.